The molecule has 0 aliphatic carbocycles. The maximum absolute atomic E-state index is 9.71. The van der Waals surface area contributed by atoms with E-state index >= 15 is 0 Å². The summed E-state index contributed by atoms with van der Waals surface area (Å²) in [5.74, 6) is 1.21. The highest BCUT2D eigenvalue weighted by molar-refractivity contribution is 5.71. The molecule has 1 unspecified atom stereocenters. The molecule has 0 saturated carbocycles. The van der Waals surface area contributed by atoms with Crippen LogP contribution in [0.3, 0.4) is 0 Å². The third-order valence-corrected chi connectivity index (χ3v) is 4.25. The van der Waals surface area contributed by atoms with Gasteiger partial charge in [0.25, 0.3) is 0 Å². The smallest absolute Gasteiger partial charge is 0.160 e. The molecule has 1 aliphatic heterocycles. The minimum absolute atomic E-state index is 0.0234. The molecule has 1 atom stereocenters. The fourth-order valence-electron chi connectivity index (χ4n) is 3.16. The van der Waals surface area contributed by atoms with E-state index in [0.717, 1.165) is 48.4 Å². The van der Waals surface area contributed by atoms with Gasteiger partial charge in [-0.3, -0.25) is 0 Å². The van der Waals surface area contributed by atoms with E-state index in [-0.39, 0.29) is 11.9 Å². The Kier molecular flexibility index (Phi) is 3.71. The molecule has 0 amide bonds. The number of benzene rings is 1. The summed E-state index contributed by atoms with van der Waals surface area (Å²) in [6.07, 6.45) is 5.07. The van der Waals surface area contributed by atoms with Crippen LogP contribution in [-0.4, -0.2) is 26.2 Å². The van der Waals surface area contributed by atoms with Crippen LogP contribution in [0.2, 0.25) is 0 Å². The molecular weight excluding hydrogens is 290 g/mol. The number of phenolic OH excluding ortho intramolecular Hbond substituents is 1. The summed E-state index contributed by atoms with van der Waals surface area (Å²) in [6.45, 7) is 1.41. The molecule has 1 saturated heterocycles. The lowest BCUT2D eigenvalue weighted by atomic mass is 10.1. The van der Waals surface area contributed by atoms with E-state index in [0.29, 0.717) is 6.54 Å². The van der Waals surface area contributed by atoms with Crippen LogP contribution in [0.15, 0.2) is 42.6 Å². The molecule has 1 N–H and O–H groups in total. The van der Waals surface area contributed by atoms with Gasteiger partial charge in [0.1, 0.15) is 23.2 Å². The first-order valence-corrected chi connectivity index (χ1v) is 8.02. The summed E-state index contributed by atoms with van der Waals surface area (Å²) in [5.41, 5.74) is 2.77. The van der Waals surface area contributed by atoms with Gasteiger partial charge in [0.2, 0.25) is 0 Å². The van der Waals surface area contributed by atoms with Gasteiger partial charge in [-0.25, -0.2) is 9.97 Å². The summed E-state index contributed by atoms with van der Waals surface area (Å²) in [7, 11) is 0. The quantitative estimate of drug-likeness (QED) is 0.805. The van der Waals surface area contributed by atoms with Crippen molar-refractivity contribution in [3.63, 3.8) is 0 Å². The first-order valence-electron chi connectivity index (χ1n) is 8.02. The van der Waals surface area contributed by atoms with Crippen LogP contribution in [0, 0.1) is 0 Å². The van der Waals surface area contributed by atoms with E-state index in [9.17, 15) is 5.11 Å². The summed E-state index contributed by atoms with van der Waals surface area (Å²) in [6, 6.07) is 11.2. The number of fused-ring (bicyclic) bond motifs is 1. The van der Waals surface area contributed by atoms with Gasteiger partial charge in [0, 0.05) is 12.8 Å². The summed E-state index contributed by atoms with van der Waals surface area (Å²) in [4.78, 5) is 9.27. The second-order valence-electron chi connectivity index (χ2n) is 5.93. The Balaban J connectivity index is 1.79. The van der Waals surface area contributed by atoms with Crippen LogP contribution in [0.1, 0.15) is 36.8 Å². The highest BCUT2D eigenvalue weighted by atomic mass is 16.5. The van der Waals surface area contributed by atoms with Crippen molar-refractivity contribution in [3.8, 4) is 5.75 Å². The Bertz CT molecular complexity index is 822. The lowest BCUT2D eigenvalue weighted by molar-refractivity contribution is 0.00783. The van der Waals surface area contributed by atoms with Crippen LogP contribution < -0.4 is 0 Å². The van der Waals surface area contributed by atoms with Crippen LogP contribution in [0.4, 0.5) is 0 Å². The number of aromatic hydroxyl groups is 1. The van der Waals surface area contributed by atoms with Crippen molar-refractivity contribution in [1.29, 1.82) is 0 Å². The Morgan fingerprint density at radius 2 is 2.17 bits per heavy atom. The zero-order chi connectivity index (χ0) is 15.6. The zero-order valence-corrected chi connectivity index (χ0v) is 12.9. The molecule has 118 valence electrons. The zero-order valence-electron chi connectivity index (χ0n) is 12.9. The van der Waals surface area contributed by atoms with Gasteiger partial charge in [-0.1, -0.05) is 12.1 Å². The fraction of sp³-hybridized carbons (Fsp3) is 0.333. The van der Waals surface area contributed by atoms with Gasteiger partial charge in [0.05, 0.1) is 6.54 Å². The molecule has 1 aliphatic rings. The SMILES string of the molecule is Oc1cccc(Cn2c(C3CCCCO3)nc3cccnc32)c1. The van der Waals surface area contributed by atoms with Crippen molar-refractivity contribution in [1.82, 2.24) is 14.5 Å². The highest BCUT2D eigenvalue weighted by Gasteiger charge is 2.23. The normalized spacial score (nSPS) is 18.3. The van der Waals surface area contributed by atoms with E-state index < -0.39 is 0 Å². The van der Waals surface area contributed by atoms with E-state index in [1.165, 1.54) is 0 Å². The lowest BCUT2D eigenvalue weighted by Gasteiger charge is -2.23. The predicted molar refractivity (Wildman–Crippen MR) is 87.3 cm³/mol. The fourth-order valence-corrected chi connectivity index (χ4v) is 3.16. The van der Waals surface area contributed by atoms with Crippen LogP contribution >= 0.6 is 0 Å². The van der Waals surface area contributed by atoms with E-state index in [4.69, 9.17) is 9.72 Å². The number of imidazole rings is 1. The minimum atomic E-state index is 0.0234. The van der Waals surface area contributed by atoms with Gasteiger partial charge in [-0.05, 0) is 49.1 Å². The molecule has 23 heavy (non-hydrogen) atoms. The third kappa shape index (κ3) is 2.80. The Labute approximate surface area is 134 Å². The molecule has 1 fully saturated rings. The number of aromatic nitrogens is 3. The molecule has 3 heterocycles. The average Bonchev–Trinajstić information content (AvgIpc) is 2.95. The largest absolute Gasteiger partial charge is 0.508 e. The number of nitrogens with zero attached hydrogens (tertiary/aromatic N) is 3. The third-order valence-electron chi connectivity index (χ3n) is 4.25. The molecule has 0 radical (unpaired) electrons. The van der Waals surface area contributed by atoms with Crippen LogP contribution in [0.25, 0.3) is 11.2 Å². The van der Waals surface area contributed by atoms with Gasteiger partial charge >= 0.3 is 0 Å². The van der Waals surface area contributed by atoms with E-state index in [1.807, 2.05) is 24.3 Å². The first kappa shape index (κ1) is 14.2. The second kappa shape index (κ2) is 6.01. The number of hydrogen-bond donors (Lipinski definition) is 1. The number of hydrogen-bond acceptors (Lipinski definition) is 4. The molecule has 5 nitrogen and oxygen atoms in total. The van der Waals surface area contributed by atoms with Crippen molar-refractivity contribution < 1.29 is 9.84 Å². The van der Waals surface area contributed by atoms with Gasteiger partial charge in [0.15, 0.2) is 5.65 Å². The van der Waals surface area contributed by atoms with E-state index in [2.05, 4.69) is 9.55 Å². The summed E-state index contributed by atoms with van der Waals surface area (Å²) in [5, 5.41) is 9.71. The molecule has 5 heteroatoms. The van der Waals surface area contributed by atoms with Gasteiger partial charge in [-0.15, -0.1) is 0 Å². The van der Waals surface area contributed by atoms with Crippen molar-refractivity contribution in [2.75, 3.05) is 6.61 Å². The molecule has 1 aromatic carbocycles. The average molecular weight is 309 g/mol. The molecule has 0 bridgehead atoms. The topological polar surface area (TPSA) is 60.2 Å². The summed E-state index contributed by atoms with van der Waals surface area (Å²) >= 11 is 0. The monoisotopic (exact) mass is 309 g/mol. The molecule has 0 spiro atoms. The second-order valence-corrected chi connectivity index (χ2v) is 5.93. The van der Waals surface area contributed by atoms with Crippen LogP contribution in [0.5, 0.6) is 5.75 Å². The number of ether oxygens (including phenoxy) is 1. The molecule has 3 aromatic rings. The summed E-state index contributed by atoms with van der Waals surface area (Å²) < 4.78 is 8.05. The Morgan fingerprint density at radius 3 is 3.00 bits per heavy atom. The molecular formula is C18H19N3O2. The maximum Gasteiger partial charge on any atom is 0.160 e. The Morgan fingerprint density at radius 1 is 1.22 bits per heavy atom. The van der Waals surface area contributed by atoms with Gasteiger partial charge in [-0.2, -0.15) is 0 Å². The first-order chi connectivity index (χ1) is 11.3. The lowest BCUT2D eigenvalue weighted by Crippen LogP contribution is -2.17. The predicted octanol–water partition coefficient (Wildman–Crippen LogP) is 3.43. The number of pyridine rings is 1. The van der Waals surface area contributed by atoms with Crippen molar-refractivity contribution >= 4 is 11.2 Å². The van der Waals surface area contributed by atoms with Crippen molar-refractivity contribution in [2.24, 2.45) is 0 Å². The van der Waals surface area contributed by atoms with Crippen LogP contribution in [-0.2, 0) is 11.3 Å². The van der Waals surface area contributed by atoms with E-state index in [1.54, 1.807) is 18.3 Å². The molecule has 4 rings (SSSR count). The van der Waals surface area contributed by atoms with Crippen molar-refractivity contribution in [2.45, 2.75) is 31.9 Å². The highest BCUT2D eigenvalue weighted by Crippen LogP contribution is 2.30. The molecule has 2 aromatic heterocycles. The van der Waals surface area contributed by atoms with Crippen molar-refractivity contribution in [3.05, 3.63) is 54.0 Å². The number of phenols is 1. The number of rotatable bonds is 3. The maximum atomic E-state index is 9.71. The minimum Gasteiger partial charge on any atom is -0.508 e. The standard InChI is InChI=1S/C18H19N3O2/c22-14-6-3-5-13(11-14)12-21-17-15(7-4-9-19-17)20-18(21)16-8-1-2-10-23-16/h3-7,9,11,16,22H,1-2,8,10,12H2. The van der Waals surface area contributed by atoms with Gasteiger partial charge < -0.3 is 14.4 Å². The Hall–Kier alpha value is -2.40.